The Morgan fingerprint density at radius 3 is 2.31 bits per heavy atom. The fourth-order valence-electron chi connectivity index (χ4n) is 2.16. The number of aryl methyl sites for hydroxylation is 1. The highest BCUT2D eigenvalue weighted by molar-refractivity contribution is 5.69. The van der Waals surface area contributed by atoms with Crippen LogP contribution in [0.2, 0.25) is 0 Å². The third kappa shape index (κ3) is 1.75. The minimum atomic E-state index is 0.0795. The number of rotatable bonds is 0. The molecule has 0 radical (unpaired) electrons. The zero-order valence-electron chi connectivity index (χ0n) is 11.4. The molecule has 0 aromatic heterocycles. The van der Waals surface area contributed by atoms with E-state index in [0.717, 1.165) is 0 Å². The Bertz CT molecular complexity index is 402. The lowest BCUT2D eigenvalue weighted by atomic mass is 9.84. The number of allylic oxidation sites excluding steroid dienone is 1. The Morgan fingerprint density at radius 2 is 1.75 bits per heavy atom. The SMILES string of the molecule is C=C1N(C)c2ccc(C)cc2C1(C)C.CC. The van der Waals surface area contributed by atoms with Crippen molar-refractivity contribution < 1.29 is 0 Å². The van der Waals surface area contributed by atoms with Gasteiger partial charge in [-0.25, -0.2) is 0 Å². The Balaban J connectivity index is 0.000000606. The number of hydrogen-bond acceptors (Lipinski definition) is 1. The second-order valence-electron chi connectivity index (χ2n) is 4.65. The van der Waals surface area contributed by atoms with Gasteiger partial charge in [-0.2, -0.15) is 0 Å². The van der Waals surface area contributed by atoms with E-state index in [2.05, 4.69) is 57.5 Å². The summed E-state index contributed by atoms with van der Waals surface area (Å²) >= 11 is 0. The van der Waals surface area contributed by atoms with E-state index in [1.54, 1.807) is 0 Å². The third-order valence-electron chi connectivity index (χ3n) is 3.31. The zero-order chi connectivity index (χ0) is 12.5. The van der Waals surface area contributed by atoms with Crippen LogP contribution in [0.1, 0.15) is 38.8 Å². The van der Waals surface area contributed by atoms with Crippen molar-refractivity contribution in [2.45, 2.75) is 40.0 Å². The summed E-state index contributed by atoms with van der Waals surface area (Å²) in [5.41, 5.74) is 5.27. The Morgan fingerprint density at radius 1 is 1.19 bits per heavy atom. The van der Waals surface area contributed by atoms with E-state index in [1.807, 2.05) is 13.8 Å². The van der Waals surface area contributed by atoms with E-state index in [-0.39, 0.29) is 5.41 Å². The van der Waals surface area contributed by atoms with Gasteiger partial charge < -0.3 is 4.90 Å². The van der Waals surface area contributed by atoms with Crippen LogP contribution in [0.25, 0.3) is 0 Å². The first-order chi connectivity index (χ1) is 7.44. The molecular weight excluding hydrogens is 194 g/mol. The molecule has 0 aliphatic carbocycles. The lowest BCUT2D eigenvalue weighted by molar-refractivity contribution is 0.642. The zero-order valence-corrected chi connectivity index (χ0v) is 11.4. The number of nitrogens with zero attached hydrogens (tertiary/aromatic N) is 1. The predicted molar refractivity (Wildman–Crippen MR) is 73.1 cm³/mol. The summed E-state index contributed by atoms with van der Waals surface area (Å²) in [5.74, 6) is 0. The summed E-state index contributed by atoms with van der Waals surface area (Å²) in [5, 5.41) is 0. The minimum Gasteiger partial charge on any atom is -0.348 e. The van der Waals surface area contributed by atoms with Crippen molar-refractivity contribution in [3.8, 4) is 0 Å². The number of likely N-dealkylation sites (N-methyl/N-ethyl adjacent to an activating group) is 1. The molecule has 0 saturated carbocycles. The maximum Gasteiger partial charge on any atom is 0.0447 e. The van der Waals surface area contributed by atoms with E-state index in [4.69, 9.17) is 0 Å². The second kappa shape index (κ2) is 4.32. The van der Waals surface area contributed by atoms with Crippen LogP contribution in [0.4, 0.5) is 5.69 Å². The lowest BCUT2D eigenvalue weighted by Crippen LogP contribution is -2.21. The van der Waals surface area contributed by atoms with Crippen LogP contribution in [0.5, 0.6) is 0 Å². The molecule has 0 atom stereocenters. The highest BCUT2D eigenvalue weighted by atomic mass is 15.1. The minimum absolute atomic E-state index is 0.0795. The monoisotopic (exact) mass is 217 g/mol. The normalized spacial score (nSPS) is 16.6. The van der Waals surface area contributed by atoms with Gasteiger partial charge in [-0.15, -0.1) is 0 Å². The smallest absolute Gasteiger partial charge is 0.0447 e. The van der Waals surface area contributed by atoms with Crippen LogP contribution >= 0.6 is 0 Å². The Labute approximate surface area is 99.8 Å². The number of anilines is 1. The highest BCUT2D eigenvalue weighted by Gasteiger charge is 2.36. The van der Waals surface area contributed by atoms with Gasteiger partial charge in [0, 0.05) is 23.8 Å². The molecule has 88 valence electrons. The molecule has 0 saturated heterocycles. The van der Waals surface area contributed by atoms with Crippen LogP contribution in [0.15, 0.2) is 30.5 Å². The summed E-state index contributed by atoms with van der Waals surface area (Å²) in [6.07, 6.45) is 0. The van der Waals surface area contributed by atoms with Crippen LogP contribution in [0.3, 0.4) is 0 Å². The van der Waals surface area contributed by atoms with Crippen molar-refractivity contribution in [1.82, 2.24) is 0 Å². The van der Waals surface area contributed by atoms with E-state index < -0.39 is 0 Å². The van der Waals surface area contributed by atoms with Crippen molar-refractivity contribution in [2.75, 3.05) is 11.9 Å². The fraction of sp³-hybridized carbons (Fsp3) is 0.467. The van der Waals surface area contributed by atoms with Gasteiger partial charge in [0.15, 0.2) is 0 Å². The molecule has 0 unspecified atom stereocenters. The molecule has 0 amide bonds. The van der Waals surface area contributed by atoms with Crippen LogP contribution in [-0.4, -0.2) is 7.05 Å². The van der Waals surface area contributed by atoms with Crippen LogP contribution in [-0.2, 0) is 5.41 Å². The van der Waals surface area contributed by atoms with Crippen molar-refractivity contribution in [2.24, 2.45) is 0 Å². The quantitative estimate of drug-likeness (QED) is 0.627. The van der Waals surface area contributed by atoms with Gasteiger partial charge in [-0.05, 0) is 18.6 Å². The standard InChI is InChI=1S/C13H17N.C2H6/c1-9-6-7-12-11(8-9)13(3,4)10(2)14(12)5;1-2/h6-8H,2H2,1,3-5H3;1-2H3. The molecule has 1 nitrogen and oxygen atoms in total. The molecular formula is C15H23N. The molecule has 1 heteroatoms. The molecule has 1 heterocycles. The topological polar surface area (TPSA) is 3.24 Å². The van der Waals surface area contributed by atoms with Crippen molar-refractivity contribution >= 4 is 5.69 Å². The Hall–Kier alpha value is -1.24. The van der Waals surface area contributed by atoms with E-state index >= 15 is 0 Å². The number of fused-ring (bicyclic) bond motifs is 1. The molecule has 1 aliphatic rings. The first-order valence-corrected chi connectivity index (χ1v) is 5.99. The maximum absolute atomic E-state index is 4.16. The average Bonchev–Trinajstić information content (AvgIpc) is 2.44. The number of hydrogen-bond donors (Lipinski definition) is 0. The largest absolute Gasteiger partial charge is 0.348 e. The van der Waals surface area contributed by atoms with E-state index in [0.29, 0.717) is 0 Å². The molecule has 1 aromatic rings. The first kappa shape index (κ1) is 12.8. The van der Waals surface area contributed by atoms with Gasteiger partial charge in [-0.1, -0.05) is 52.0 Å². The number of benzene rings is 1. The van der Waals surface area contributed by atoms with Crippen molar-refractivity contribution in [3.05, 3.63) is 41.6 Å². The molecule has 16 heavy (non-hydrogen) atoms. The summed E-state index contributed by atoms with van der Waals surface area (Å²) in [4.78, 5) is 2.19. The molecule has 1 aromatic carbocycles. The fourth-order valence-corrected chi connectivity index (χ4v) is 2.16. The van der Waals surface area contributed by atoms with Gasteiger partial charge in [0.1, 0.15) is 0 Å². The summed E-state index contributed by atoms with van der Waals surface area (Å²) in [6, 6.07) is 6.61. The van der Waals surface area contributed by atoms with Gasteiger partial charge >= 0.3 is 0 Å². The molecule has 0 N–H and O–H groups in total. The first-order valence-electron chi connectivity index (χ1n) is 5.99. The second-order valence-corrected chi connectivity index (χ2v) is 4.65. The molecule has 0 spiro atoms. The molecule has 0 bridgehead atoms. The van der Waals surface area contributed by atoms with Gasteiger partial charge in [-0.3, -0.25) is 0 Å². The van der Waals surface area contributed by atoms with Crippen molar-refractivity contribution in [3.63, 3.8) is 0 Å². The highest BCUT2D eigenvalue weighted by Crippen LogP contribution is 2.46. The van der Waals surface area contributed by atoms with Gasteiger partial charge in [0.25, 0.3) is 0 Å². The summed E-state index contributed by atoms with van der Waals surface area (Å²) in [6.45, 7) is 14.8. The molecule has 1 aliphatic heterocycles. The van der Waals surface area contributed by atoms with Gasteiger partial charge in [0.2, 0.25) is 0 Å². The predicted octanol–water partition coefficient (Wildman–Crippen LogP) is 4.26. The van der Waals surface area contributed by atoms with Crippen LogP contribution < -0.4 is 4.90 Å². The molecule has 0 fully saturated rings. The van der Waals surface area contributed by atoms with E-state index in [1.165, 1.54) is 22.5 Å². The Kier molecular flexibility index (Phi) is 3.47. The van der Waals surface area contributed by atoms with Gasteiger partial charge in [0.05, 0.1) is 0 Å². The lowest BCUT2D eigenvalue weighted by Gasteiger charge is -2.22. The summed E-state index contributed by atoms with van der Waals surface area (Å²) in [7, 11) is 2.09. The van der Waals surface area contributed by atoms with E-state index in [9.17, 15) is 0 Å². The van der Waals surface area contributed by atoms with Crippen LogP contribution in [0, 0.1) is 6.92 Å². The van der Waals surface area contributed by atoms with Crippen molar-refractivity contribution in [1.29, 1.82) is 0 Å². The maximum atomic E-state index is 4.16. The summed E-state index contributed by atoms with van der Waals surface area (Å²) < 4.78 is 0. The average molecular weight is 217 g/mol. The third-order valence-corrected chi connectivity index (χ3v) is 3.31. The molecule has 2 rings (SSSR count).